The number of aryl methyl sites for hydroxylation is 2. The second kappa shape index (κ2) is 10.2. The summed E-state index contributed by atoms with van der Waals surface area (Å²) in [7, 11) is 1.41. The van der Waals surface area contributed by atoms with Crippen molar-refractivity contribution in [2.75, 3.05) is 38.3 Å². The molecule has 1 unspecified atom stereocenters. The Morgan fingerprint density at radius 3 is 2.25 bits per heavy atom. The van der Waals surface area contributed by atoms with Gasteiger partial charge in [0.2, 0.25) is 0 Å². The third-order valence-electron chi connectivity index (χ3n) is 5.13. The predicted octanol–water partition coefficient (Wildman–Crippen LogP) is 3.48. The third-order valence-corrected chi connectivity index (χ3v) is 5.13. The van der Waals surface area contributed by atoms with Crippen molar-refractivity contribution in [1.29, 1.82) is 0 Å². The number of nitrogens with one attached hydrogen (secondary N) is 1. The first kappa shape index (κ1) is 20.4. The number of anilines is 2. The molecule has 150 valence electrons. The summed E-state index contributed by atoms with van der Waals surface area (Å²) in [6.07, 6.45) is 2.50. The van der Waals surface area contributed by atoms with Gasteiger partial charge >= 0.3 is 5.97 Å². The number of ether oxygens (including phenoxy) is 2. The highest BCUT2D eigenvalue weighted by Crippen LogP contribution is 2.35. The van der Waals surface area contributed by atoms with Gasteiger partial charge in [-0.05, 0) is 43.0 Å². The highest BCUT2D eigenvalue weighted by molar-refractivity contribution is 5.71. The van der Waals surface area contributed by atoms with Crippen LogP contribution in [0.1, 0.15) is 24.5 Å². The van der Waals surface area contributed by atoms with Crippen molar-refractivity contribution in [2.24, 2.45) is 0 Å². The van der Waals surface area contributed by atoms with E-state index in [2.05, 4.69) is 63.5 Å². The van der Waals surface area contributed by atoms with Crippen LogP contribution in [0, 0.1) is 0 Å². The third kappa shape index (κ3) is 5.33. The number of rotatable bonds is 9. The van der Waals surface area contributed by atoms with Crippen LogP contribution >= 0.6 is 0 Å². The molecule has 1 aliphatic heterocycles. The van der Waals surface area contributed by atoms with Crippen molar-refractivity contribution in [1.82, 2.24) is 5.32 Å². The largest absolute Gasteiger partial charge is 0.469 e. The first-order valence-electron chi connectivity index (χ1n) is 10.0. The van der Waals surface area contributed by atoms with Crippen molar-refractivity contribution >= 4 is 17.3 Å². The SMILES string of the molecule is COC(=O)CC(C)NCCOCCN1c2ccccc2CCc2ccccc21. The zero-order valence-electron chi connectivity index (χ0n) is 16.8. The second-order valence-electron chi connectivity index (χ2n) is 7.16. The van der Waals surface area contributed by atoms with Crippen LogP contribution in [0.25, 0.3) is 0 Å². The van der Waals surface area contributed by atoms with E-state index in [4.69, 9.17) is 4.74 Å². The molecule has 5 nitrogen and oxygen atoms in total. The van der Waals surface area contributed by atoms with Crippen LogP contribution in [0.3, 0.4) is 0 Å². The van der Waals surface area contributed by atoms with E-state index in [0.29, 0.717) is 26.2 Å². The van der Waals surface area contributed by atoms with Crippen molar-refractivity contribution < 1.29 is 14.3 Å². The summed E-state index contributed by atoms with van der Waals surface area (Å²) in [5.74, 6) is -0.195. The van der Waals surface area contributed by atoms with E-state index in [1.807, 2.05) is 6.92 Å². The molecule has 1 heterocycles. The zero-order valence-corrected chi connectivity index (χ0v) is 16.8. The van der Waals surface area contributed by atoms with E-state index in [1.165, 1.54) is 29.6 Å². The van der Waals surface area contributed by atoms with Crippen LogP contribution in [0.4, 0.5) is 11.4 Å². The molecule has 1 atom stereocenters. The summed E-state index contributed by atoms with van der Waals surface area (Å²) in [6.45, 7) is 4.76. The molecule has 1 N–H and O–H groups in total. The number of hydrogen-bond donors (Lipinski definition) is 1. The smallest absolute Gasteiger partial charge is 0.307 e. The van der Waals surface area contributed by atoms with E-state index >= 15 is 0 Å². The average molecular weight is 383 g/mol. The summed E-state index contributed by atoms with van der Waals surface area (Å²) >= 11 is 0. The summed E-state index contributed by atoms with van der Waals surface area (Å²) in [5.41, 5.74) is 5.33. The van der Waals surface area contributed by atoms with Crippen LogP contribution in [0.15, 0.2) is 48.5 Å². The summed E-state index contributed by atoms with van der Waals surface area (Å²) in [4.78, 5) is 13.6. The molecule has 0 spiro atoms. The Morgan fingerprint density at radius 1 is 1.04 bits per heavy atom. The van der Waals surface area contributed by atoms with Crippen LogP contribution in [-0.4, -0.2) is 45.4 Å². The Bertz CT molecular complexity index is 730. The Hall–Kier alpha value is -2.37. The Morgan fingerprint density at radius 2 is 1.64 bits per heavy atom. The molecular weight excluding hydrogens is 352 g/mol. The Kier molecular flexibility index (Phi) is 7.46. The van der Waals surface area contributed by atoms with E-state index in [0.717, 1.165) is 19.4 Å². The topological polar surface area (TPSA) is 50.8 Å². The summed E-state index contributed by atoms with van der Waals surface area (Å²) in [5, 5.41) is 3.29. The monoisotopic (exact) mass is 382 g/mol. The van der Waals surface area contributed by atoms with Gasteiger partial charge in [-0.2, -0.15) is 0 Å². The van der Waals surface area contributed by atoms with Crippen molar-refractivity contribution in [3.63, 3.8) is 0 Å². The Labute approximate surface area is 167 Å². The normalized spacial score (nSPS) is 14.0. The van der Waals surface area contributed by atoms with Crippen molar-refractivity contribution in [3.8, 4) is 0 Å². The van der Waals surface area contributed by atoms with Crippen LogP contribution in [0.2, 0.25) is 0 Å². The highest BCUT2D eigenvalue weighted by Gasteiger charge is 2.19. The predicted molar refractivity (Wildman–Crippen MR) is 112 cm³/mol. The molecule has 0 saturated heterocycles. The fraction of sp³-hybridized carbons (Fsp3) is 0.435. The fourth-order valence-electron chi connectivity index (χ4n) is 3.65. The number of hydrogen-bond acceptors (Lipinski definition) is 5. The molecule has 5 heteroatoms. The molecule has 3 rings (SSSR count). The fourth-order valence-corrected chi connectivity index (χ4v) is 3.65. The van der Waals surface area contributed by atoms with Crippen LogP contribution < -0.4 is 10.2 Å². The molecule has 0 saturated carbocycles. The average Bonchev–Trinajstić information content (AvgIpc) is 2.87. The summed E-state index contributed by atoms with van der Waals surface area (Å²) in [6, 6.07) is 17.4. The zero-order chi connectivity index (χ0) is 19.8. The number of fused-ring (bicyclic) bond motifs is 2. The van der Waals surface area contributed by atoms with Gasteiger partial charge in [-0.25, -0.2) is 0 Å². The number of esters is 1. The molecule has 28 heavy (non-hydrogen) atoms. The van der Waals surface area contributed by atoms with Gasteiger partial charge in [-0.3, -0.25) is 4.79 Å². The lowest BCUT2D eigenvalue weighted by atomic mass is 10.0. The minimum atomic E-state index is -0.195. The molecule has 0 aromatic heterocycles. The van der Waals surface area contributed by atoms with E-state index < -0.39 is 0 Å². The van der Waals surface area contributed by atoms with Crippen molar-refractivity contribution in [3.05, 3.63) is 59.7 Å². The van der Waals surface area contributed by atoms with E-state index in [9.17, 15) is 4.79 Å². The molecule has 2 aromatic carbocycles. The van der Waals surface area contributed by atoms with Crippen LogP contribution in [0.5, 0.6) is 0 Å². The maximum atomic E-state index is 11.3. The maximum absolute atomic E-state index is 11.3. The molecule has 0 aliphatic carbocycles. The van der Waals surface area contributed by atoms with Gasteiger partial charge in [0.05, 0.1) is 26.7 Å². The minimum Gasteiger partial charge on any atom is -0.469 e. The van der Waals surface area contributed by atoms with E-state index in [-0.39, 0.29) is 12.0 Å². The number of nitrogens with zero attached hydrogens (tertiary/aromatic N) is 1. The Balaban J connectivity index is 1.52. The molecular formula is C23H30N2O3. The lowest BCUT2D eigenvalue weighted by Crippen LogP contribution is -2.32. The number of carbonyl (C=O) groups excluding carboxylic acids is 1. The number of methoxy groups -OCH3 is 1. The number of benzene rings is 2. The van der Waals surface area contributed by atoms with Gasteiger partial charge in [0.15, 0.2) is 0 Å². The minimum absolute atomic E-state index is 0.0837. The van der Waals surface area contributed by atoms with Gasteiger partial charge < -0.3 is 19.7 Å². The summed E-state index contributed by atoms with van der Waals surface area (Å²) < 4.78 is 10.6. The number of carbonyl (C=O) groups is 1. The number of para-hydroxylation sites is 2. The lowest BCUT2D eigenvalue weighted by Gasteiger charge is -2.27. The van der Waals surface area contributed by atoms with E-state index in [1.54, 1.807) is 0 Å². The van der Waals surface area contributed by atoms with Gasteiger partial charge in [-0.1, -0.05) is 36.4 Å². The molecule has 0 radical (unpaired) electrons. The standard InChI is InChI=1S/C23H30N2O3/c1-18(17-23(26)27-2)24-13-15-28-16-14-25-21-9-5-3-7-19(21)11-12-20-8-4-6-10-22(20)25/h3-10,18,24H,11-17H2,1-2H3. The van der Waals surface area contributed by atoms with Gasteiger partial charge in [0.25, 0.3) is 0 Å². The molecule has 0 fully saturated rings. The first-order chi connectivity index (χ1) is 13.7. The maximum Gasteiger partial charge on any atom is 0.307 e. The first-order valence-corrected chi connectivity index (χ1v) is 10.0. The van der Waals surface area contributed by atoms with Crippen molar-refractivity contribution in [2.45, 2.75) is 32.2 Å². The molecule has 0 bridgehead atoms. The lowest BCUT2D eigenvalue weighted by molar-refractivity contribution is -0.141. The van der Waals surface area contributed by atoms with Gasteiger partial charge in [-0.15, -0.1) is 0 Å². The van der Waals surface area contributed by atoms with Gasteiger partial charge in [0.1, 0.15) is 0 Å². The van der Waals surface area contributed by atoms with Crippen LogP contribution in [-0.2, 0) is 27.1 Å². The quantitative estimate of drug-likeness (QED) is 0.532. The molecule has 1 aliphatic rings. The second-order valence-corrected chi connectivity index (χ2v) is 7.16. The van der Waals surface area contributed by atoms with Gasteiger partial charge in [0, 0.05) is 30.5 Å². The highest BCUT2D eigenvalue weighted by atomic mass is 16.5. The molecule has 2 aromatic rings. The molecule has 0 amide bonds.